The number of carboxylic acids is 2. The van der Waals surface area contributed by atoms with Gasteiger partial charge in [-0.15, -0.1) is 0 Å². The van der Waals surface area contributed by atoms with Crippen LogP contribution in [0.1, 0.15) is 6.42 Å². The molecular weight excluding hydrogens is 152 g/mol. The van der Waals surface area contributed by atoms with Crippen LogP contribution in [0.4, 0.5) is 0 Å². The highest BCUT2D eigenvalue weighted by Crippen LogP contribution is 2.23. The lowest BCUT2D eigenvalue weighted by molar-refractivity contribution is -0.148. The second kappa shape index (κ2) is 2.87. The fraction of sp³-hybridized carbons (Fsp3) is 0.667. The summed E-state index contributed by atoms with van der Waals surface area (Å²) in [7, 11) is 0. The summed E-state index contributed by atoms with van der Waals surface area (Å²) >= 11 is 0. The van der Waals surface area contributed by atoms with E-state index in [-0.39, 0.29) is 12.5 Å². The summed E-state index contributed by atoms with van der Waals surface area (Å²) < 4.78 is 4.69. The molecule has 0 aromatic carbocycles. The SMILES string of the molecule is O=C(O)CC(C(=O)O)C1CO1. The number of hydrogen-bond donors (Lipinski definition) is 2. The molecule has 1 heterocycles. The van der Waals surface area contributed by atoms with E-state index in [2.05, 4.69) is 4.74 Å². The average Bonchev–Trinajstić information content (AvgIpc) is 2.63. The van der Waals surface area contributed by atoms with Gasteiger partial charge in [0, 0.05) is 0 Å². The van der Waals surface area contributed by atoms with Crippen LogP contribution in [0.25, 0.3) is 0 Å². The van der Waals surface area contributed by atoms with Crippen molar-refractivity contribution in [1.29, 1.82) is 0 Å². The van der Waals surface area contributed by atoms with E-state index in [4.69, 9.17) is 10.2 Å². The van der Waals surface area contributed by atoms with E-state index in [1.54, 1.807) is 0 Å². The van der Waals surface area contributed by atoms with E-state index in [0.717, 1.165) is 0 Å². The predicted molar refractivity (Wildman–Crippen MR) is 33.1 cm³/mol. The van der Waals surface area contributed by atoms with E-state index in [1.165, 1.54) is 0 Å². The van der Waals surface area contributed by atoms with Crippen LogP contribution in [0.15, 0.2) is 0 Å². The lowest BCUT2D eigenvalue weighted by atomic mass is 10.0. The second-order valence-electron chi connectivity index (χ2n) is 2.41. The highest BCUT2D eigenvalue weighted by atomic mass is 16.6. The summed E-state index contributed by atoms with van der Waals surface area (Å²) in [6.45, 7) is 0.365. The van der Waals surface area contributed by atoms with Gasteiger partial charge in [0.05, 0.1) is 25.0 Å². The van der Waals surface area contributed by atoms with Gasteiger partial charge in [-0.25, -0.2) is 0 Å². The van der Waals surface area contributed by atoms with Crippen LogP contribution >= 0.6 is 0 Å². The van der Waals surface area contributed by atoms with Crippen LogP contribution in [0, 0.1) is 5.92 Å². The maximum absolute atomic E-state index is 10.4. The Morgan fingerprint density at radius 1 is 1.55 bits per heavy atom. The fourth-order valence-electron chi connectivity index (χ4n) is 0.854. The topological polar surface area (TPSA) is 87.1 Å². The highest BCUT2D eigenvalue weighted by molar-refractivity contribution is 5.78. The fourth-order valence-corrected chi connectivity index (χ4v) is 0.854. The van der Waals surface area contributed by atoms with Gasteiger partial charge in [0.2, 0.25) is 0 Å². The maximum atomic E-state index is 10.4. The summed E-state index contributed by atoms with van der Waals surface area (Å²) in [6, 6.07) is 0. The van der Waals surface area contributed by atoms with Gasteiger partial charge in [-0.2, -0.15) is 0 Å². The molecule has 2 N–H and O–H groups in total. The Balaban J connectivity index is 2.45. The Kier molecular flexibility index (Phi) is 2.09. The van der Waals surface area contributed by atoms with Crippen molar-refractivity contribution in [1.82, 2.24) is 0 Å². The van der Waals surface area contributed by atoms with Crippen molar-refractivity contribution >= 4 is 11.9 Å². The molecule has 1 saturated heterocycles. The monoisotopic (exact) mass is 160 g/mol. The molecule has 5 heteroatoms. The quantitative estimate of drug-likeness (QED) is 0.544. The van der Waals surface area contributed by atoms with Gasteiger partial charge in [0.1, 0.15) is 0 Å². The first-order valence-electron chi connectivity index (χ1n) is 3.17. The van der Waals surface area contributed by atoms with Crippen molar-refractivity contribution in [2.24, 2.45) is 5.92 Å². The third-order valence-electron chi connectivity index (χ3n) is 1.52. The first-order chi connectivity index (χ1) is 5.11. The van der Waals surface area contributed by atoms with E-state index in [0.29, 0.717) is 6.61 Å². The van der Waals surface area contributed by atoms with Crippen LogP contribution in [-0.2, 0) is 14.3 Å². The molecule has 0 aliphatic carbocycles. The first kappa shape index (κ1) is 8.00. The van der Waals surface area contributed by atoms with E-state index in [9.17, 15) is 9.59 Å². The molecule has 0 bridgehead atoms. The number of hydrogen-bond acceptors (Lipinski definition) is 3. The third kappa shape index (κ3) is 2.19. The molecule has 5 nitrogen and oxygen atoms in total. The van der Waals surface area contributed by atoms with E-state index < -0.39 is 17.9 Å². The van der Waals surface area contributed by atoms with Crippen LogP contribution in [-0.4, -0.2) is 34.9 Å². The summed E-state index contributed by atoms with van der Waals surface area (Å²) in [5, 5.41) is 16.8. The summed E-state index contributed by atoms with van der Waals surface area (Å²) in [5.41, 5.74) is 0. The van der Waals surface area contributed by atoms with E-state index >= 15 is 0 Å². The third-order valence-corrected chi connectivity index (χ3v) is 1.52. The largest absolute Gasteiger partial charge is 0.481 e. The Bertz CT molecular complexity index is 183. The number of ether oxygens (including phenoxy) is 1. The van der Waals surface area contributed by atoms with Gasteiger partial charge >= 0.3 is 11.9 Å². The lowest BCUT2D eigenvalue weighted by Crippen LogP contribution is -2.22. The number of carbonyl (C=O) groups is 2. The minimum absolute atomic E-state index is 0.361. The van der Waals surface area contributed by atoms with Gasteiger partial charge in [-0.05, 0) is 0 Å². The van der Waals surface area contributed by atoms with Crippen molar-refractivity contribution in [2.45, 2.75) is 12.5 Å². The molecule has 0 aromatic rings. The smallest absolute Gasteiger partial charge is 0.309 e. The molecule has 1 fully saturated rings. The van der Waals surface area contributed by atoms with Gasteiger partial charge in [-0.1, -0.05) is 0 Å². The van der Waals surface area contributed by atoms with Crippen molar-refractivity contribution in [3.63, 3.8) is 0 Å². The van der Waals surface area contributed by atoms with Gasteiger partial charge in [0.25, 0.3) is 0 Å². The van der Waals surface area contributed by atoms with Crippen LogP contribution in [0.5, 0.6) is 0 Å². The van der Waals surface area contributed by atoms with Crippen LogP contribution in [0.2, 0.25) is 0 Å². The Hall–Kier alpha value is -1.10. The molecule has 0 amide bonds. The summed E-state index contributed by atoms with van der Waals surface area (Å²) in [6.07, 6.45) is -0.747. The van der Waals surface area contributed by atoms with Crippen LogP contribution in [0.3, 0.4) is 0 Å². The van der Waals surface area contributed by atoms with Crippen LogP contribution < -0.4 is 0 Å². The molecule has 0 saturated carbocycles. The van der Waals surface area contributed by atoms with Gasteiger partial charge in [0.15, 0.2) is 0 Å². The van der Waals surface area contributed by atoms with Crippen molar-refractivity contribution < 1.29 is 24.5 Å². The zero-order valence-electron chi connectivity index (χ0n) is 5.69. The Labute approximate surface area is 62.6 Å². The van der Waals surface area contributed by atoms with Crippen molar-refractivity contribution in [2.75, 3.05) is 6.61 Å². The summed E-state index contributed by atoms with van der Waals surface area (Å²) in [5.74, 6) is -3.09. The minimum Gasteiger partial charge on any atom is -0.481 e. The zero-order valence-corrected chi connectivity index (χ0v) is 5.69. The Morgan fingerprint density at radius 2 is 2.09 bits per heavy atom. The predicted octanol–water partition coefficient (Wildman–Crippen LogP) is -0.439. The number of carboxylic acid groups (broad SMARTS) is 2. The average molecular weight is 160 g/mol. The second-order valence-corrected chi connectivity index (χ2v) is 2.41. The molecule has 1 rings (SSSR count). The number of rotatable bonds is 4. The molecule has 0 radical (unpaired) electrons. The molecule has 0 spiro atoms. The van der Waals surface area contributed by atoms with Gasteiger partial charge < -0.3 is 14.9 Å². The molecular formula is C6H8O5. The number of epoxide rings is 1. The molecule has 2 atom stereocenters. The van der Waals surface area contributed by atoms with Crippen molar-refractivity contribution in [3.05, 3.63) is 0 Å². The minimum atomic E-state index is -1.10. The summed E-state index contributed by atoms with van der Waals surface area (Å²) in [4.78, 5) is 20.5. The molecule has 0 aromatic heterocycles. The zero-order chi connectivity index (χ0) is 8.43. The Morgan fingerprint density at radius 3 is 2.36 bits per heavy atom. The maximum Gasteiger partial charge on any atom is 0.309 e. The normalized spacial score (nSPS) is 24.2. The lowest BCUT2D eigenvalue weighted by Gasteiger charge is -2.03. The molecule has 62 valence electrons. The first-order valence-corrected chi connectivity index (χ1v) is 3.17. The van der Waals surface area contributed by atoms with Gasteiger partial charge in [-0.3, -0.25) is 9.59 Å². The number of aliphatic carboxylic acids is 2. The van der Waals surface area contributed by atoms with Crippen molar-refractivity contribution in [3.8, 4) is 0 Å². The highest BCUT2D eigenvalue weighted by Gasteiger charge is 2.39. The molecule has 2 unspecified atom stereocenters. The standard InChI is InChI=1S/C6H8O5/c7-5(8)1-3(6(9)10)4-2-11-4/h3-4H,1-2H2,(H,7,8)(H,9,10). The molecule has 11 heavy (non-hydrogen) atoms. The molecule has 1 aliphatic rings. The molecule has 1 aliphatic heterocycles. The van der Waals surface area contributed by atoms with E-state index in [1.807, 2.05) is 0 Å².